The normalized spacial score (nSPS) is 20.8. The average molecular weight is 309 g/mol. The second-order valence-electron chi connectivity index (χ2n) is 6.42. The van der Waals surface area contributed by atoms with Gasteiger partial charge in [-0.2, -0.15) is 0 Å². The van der Waals surface area contributed by atoms with Crippen molar-refractivity contribution in [1.29, 1.82) is 0 Å². The quantitative estimate of drug-likeness (QED) is 0.890. The van der Waals surface area contributed by atoms with Crippen molar-refractivity contribution in [3.63, 3.8) is 0 Å². The summed E-state index contributed by atoms with van der Waals surface area (Å²) in [7, 11) is 0. The Kier molecular flexibility index (Phi) is 4.49. The van der Waals surface area contributed by atoms with E-state index in [4.69, 9.17) is 0 Å². The van der Waals surface area contributed by atoms with Crippen LogP contribution in [-0.4, -0.2) is 17.6 Å². The lowest BCUT2D eigenvalue weighted by Gasteiger charge is -2.14. The van der Waals surface area contributed by atoms with Crippen LogP contribution in [0.4, 0.5) is 0 Å². The molecular weight excluding hydrogens is 286 g/mol. The highest BCUT2D eigenvalue weighted by atomic mass is 16.3. The first-order valence-electron chi connectivity index (χ1n) is 8.14. The third kappa shape index (κ3) is 3.45. The Morgan fingerprint density at radius 3 is 2.48 bits per heavy atom. The van der Waals surface area contributed by atoms with Gasteiger partial charge in [0.25, 0.3) is 0 Å². The molecule has 3 atom stereocenters. The molecule has 3 rings (SSSR count). The maximum Gasteiger partial charge on any atom is 0.223 e. The highest BCUT2D eigenvalue weighted by Crippen LogP contribution is 2.48. The first-order chi connectivity index (χ1) is 11.1. The first-order valence-corrected chi connectivity index (χ1v) is 8.14. The monoisotopic (exact) mass is 309 g/mol. The number of nitrogens with one attached hydrogen (secondary N) is 1. The molecule has 2 N–H and O–H groups in total. The molecule has 0 bridgehead atoms. The summed E-state index contributed by atoms with van der Waals surface area (Å²) in [5.74, 6) is 0.415. The smallest absolute Gasteiger partial charge is 0.223 e. The van der Waals surface area contributed by atoms with E-state index in [0.717, 1.165) is 17.5 Å². The van der Waals surface area contributed by atoms with Gasteiger partial charge in [0.15, 0.2) is 0 Å². The second kappa shape index (κ2) is 6.55. The van der Waals surface area contributed by atoms with E-state index in [2.05, 4.69) is 24.4 Å². The van der Waals surface area contributed by atoms with E-state index in [-0.39, 0.29) is 18.4 Å². The largest absolute Gasteiger partial charge is 0.387 e. The van der Waals surface area contributed by atoms with Gasteiger partial charge in [0.1, 0.15) is 0 Å². The predicted octanol–water partition coefficient (Wildman–Crippen LogP) is 3.26. The topological polar surface area (TPSA) is 49.3 Å². The van der Waals surface area contributed by atoms with Crippen molar-refractivity contribution in [2.45, 2.75) is 32.3 Å². The van der Waals surface area contributed by atoms with E-state index in [1.807, 2.05) is 43.3 Å². The summed E-state index contributed by atoms with van der Waals surface area (Å²) in [6.07, 6.45) is 0.243. The number of hydrogen-bond donors (Lipinski definition) is 2. The van der Waals surface area contributed by atoms with Gasteiger partial charge in [-0.15, -0.1) is 0 Å². The number of aliphatic hydroxyl groups excluding tert-OH is 1. The Balaban J connectivity index is 1.55. The lowest BCUT2D eigenvalue weighted by molar-refractivity contribution is -0.122. The maximum absolute atomic E-state index is 12.3. The van der Waals surface area contributed by atoms with Gasteiger partial charge in [-0.05, 0) is 48.4 Å². The standard InChI is InChI=1S/C20H23NO2/c1-13-7-3-5-9-15(13)17-11-18(17)20(23)21-12-19(22)16-10-6-4-8-14(16)2/h3-10,17-19,22H,11-12H2,1-2H3,(H,21,23). The van der Waals surface area contributed by atoms with Crippen molar-refractivity contribution in [2.75, 3.05) is 6.54 Å². The summed E-state index contributed by atoms with van der Waals surface area (Å²) < 4.78 is 0. The number of amides is 1. The molecule has 3 nitrogen and oxygen atoms in total. The Bertz CT molecular complexity index is 710. The van der Waals surface area contributed by atoms with Gasteiger partial charge in [0, 0.05) is 12.5 Å². The molecule has 2 aromatic carbocycles. The highest BCUT2D eigenvalue weighted by molar-refractivity contribution is 5.83. The fraction of sp³-hybridized carbons (Fsp3) is 0.350. The summed E-state index contributed by atoms with van der Waals surface area (Å²) in [6, 6.07) is 16.0. The SMILES string of the molecule is Cc1ccccc1C(O)CNC(=O)C1CC1c1ccccc1C. The van der Waals surface area contributed by atoms with Gasteiger partial charge in [-0.3, -0.25) is 4.79 Å². The first kappa shape index (κ1) is 15.8. The number of aliphatic hydroxyl groups is 1. The summed E-state index contributed by atoms with van der Waals surface area (Å²) in [6.45, 7) is 4.32. The van der Waals surface area contributed by atoms with Crippen LogP contribution >= 0.6 is 0 Å². The Labute approximate surface area is 137 Å². The third-order valence-corrected chi connectivity index (χ3v) is 4.73. The minimum atomic E-state index is -0.657. The van der Waals surface area contributed by atoms with E-state index in [1.165, 1.54) is 11.1 Å². The predicted molar refractivity (Wildman–Crippen MR) is 91.2 cm³/mol. The number of carbonyl (C=O) groups excluding carboxylic acids is 1. The molecule has 23 heavy (non-hydrogen) atoms. The van der Waals surface area contributed by atoms with Crippen LogP contribution in [0, 0.1) is 19.8 Å². The number of carbonyl (C=O) groups is 1. The number of rotatable bonds is 5. The van der Waals surface area contributed by atoms with Crippen LogP contribution in [0.15, 0.2) is 48.5 Å². The molecule has 1 aliphatic carbocycles. The van der Waals surface area contributed by atoms with Crippen molar-refractivity contribution in [2.24, 2.45) is 5.92 Å². The zero-order chi connectivity index (χ0) is 16.4. The van der Waals surface area contributed by atoms with E-state index in [1.54, 1.807) is 0 Å². The van der Waals surface area contributed by atoms with Gasteiger partial charge in [-0.1, -0.05) is 48.5 Å². The van der Waals surface area contributed by atoms with E-state index >= 15 is 0 Å². The molecule has 2 aromatic rings. The summed E-state index contributed by atoms with van der Waals surface area (Å²) >= 11 is 0. The highest BCUT2D eigenvalue weighted by Gasteiger charge is 2.44. The van der Waals surface area contributed by atoms with Gasteiger partial charge < -0.3 is 10.4 Å². The van der Waals surface area contributed by atoms with E-state index in [9.17, 15) is 9.90 Å². The molecule has 120 valence electrons. The average Bonchev–Trinajstić information content (AvgIpc) is 3.33. The van der Waals surface area contributed by atoms with Crippen molar-refractivity contribution in [1.82, 2.24) is 5.32 Å². The second-order valence-corrected chi connectivity index (χ2v) is 6.42. The lowest BCUT2D eigenvalue weighted by atomic mass is 10.0. The molecule has 1 saturated carbocycles. The minimum Gasteiger partial charge on any atom is -0.387 e. The van der Waals surface area contributed by atoms with Crippen LogP contribution < -0.4 is 5.32 Å². The van der Waals surface area contributed by atoms with Gasteiger partial charge in [0.2, 0.25) is 5.91 Å². The van der Waals surface area contributed by atoms with Crippen LogP contribution in [0.1, 0.15) is 40.7 Å². The van der Waals surface area contributed by atoms with Crippen LogP contribution in [-0.2, 0) is 4.79 Å². The maximum atomic E-state index is 12.3. The molecule has 1 aliphatic rings. The third-order valence-electron chi connectivity index (χ3n) is 4.73. The molecule has 0 heterocycles. The molecule has 3 heteroatoms. The number of benzene rings is 2. The molecule has 0 aliphatic heterocycles. The molecule has 0 radical (unpaired) electrons. The zero-order valence-electron chi connectivity index (χ0n) is 13.6. The Morgan fingerprint density at radius 1 is 1.13 bits per heavy atom. The molecule has 1 fully saturated rings. The fourth-order valence-electron chi connectivity index (χ4n) is 3.23. The molecule has 1 amide bonds. The van der Waals surface area contributed by atoms with Crippen molar-refractivity contribution < 1.29 is 9.90 Å². The van der Waals surface area contributed by atoms with Crippen LogP contribution in [0.5, 0.6) is 0 Å². The van der Waals surface area contributed by atoms with Crippen molar-refractivity contribution in [3.8, 4) is 0 Å². The molecule has 0 spiro atoms. The lowest BCUT2D eigenvalue weighted by Crippen LogP contribution is -2.30. The van der Waals surface area contributed by atoms with Crippen molar-refractivity contribution >= 4 is 5.91 Å². The summed E-state index contributed by atoms with van der Waals surface area (Å²) in [4.78, 5) is 12.3. The van der Waals surface area contributed by atoms with Gasteiger partial charge in [0.05, 0.1) is 6.10 Å². The molecule has 0 saturated heterocycles. The van der Waals surface area contributed by atoms with Gasteiger partial charge >= 0.3 is 0 Å². The fourth-order valence-corrected chi connectivity index (χ4v) is 3.23. The molecular formula is C20H23NO2. The minimum absolute atomic E-state index is 0.0418. The molecule has 0 aromatic heterocycles. The molecule has 3 unspecified atom stereocenters. The van der Waals surface area contributed by atoms with Gasteiger partial charge in [-0.25, -0.2) is 0 Å². The van der Waals surface area contributed by atoms with Crippen LogP contribution in [0.25, 0.3) is 0 Å². The van der Waals surface area contributed by atoms with Crippen molar-refractivity contribution in [3.05, 3.63) is 70.8 Å². The number of aryl methyl sites for hydroxylation is 2. The summed E-state index contributed by atoms with van der Waals surface area (Å²) in [5, 5.41) is 13.2. The van der Waals surface area contributed by atoms with Crippen LogP contribution in [0.2, 0.25) is 0 Å². The van der Waals surface area contributed by atoms with Crippen LogP contribution in [0.3, 0.4) is 0 Å². The van der Waals surface area contributed by atoms with E-state index < -0.39 is 6.10 Å². The zero-order valence-corrected chi connectivity index (χ0v) is 13.6. The Hall–Kier alpha value is -2.13. The Morgan fingerprint density at radius 2 is 1.78 bits per heavy atom. The summed E-state index contributed by atoms with van der Waals surface area (Å²) in [5.41, 5.74) is 4.43. The number of hydrogen-bond acceptors (Lipinski definition) is 2. The van der Waals surface area contributed by atoms with E-state index in [0.29, 0.717) is 5.92 Å².